The number of carbonyl (C=O) groups excluding carboxylic acids is 3. The number of carboxylic acids is 1. The first-order chi connectivity index (χ1) is 17.6. The van der Waals surface area contributed by atoms with Crippen LogP contribution < -0.4 is 16.0 Å². The van der Waals surface area contributed by atoms with Crippen LogP contribution in [-0.4, -0.2) is 89.2 Å². The molecule has 4 N–H and O–H groups in total. The number of carboxylic acid groups (broad SMARTS) is 1. The van der Waals surface area contributed by atoms with E-state index in [1.54, 1.807) is 0 Å². The number of amides is 3. The van der Waals surface area contributed by atoms with Crippen LogP contribution in [0.2, 0.25) is 0 Å². The molecule has 0 unspecified atom stereocenters. The normalized spacial score (nSPS) is 9.05. The Morgan fingerprint density at radius 2 is 1.18 bits per heavy atom. The van der Waals surface area contributed by atoms with Gasteiger partial charge in [-0.2, -0.15) is 11.4 Å². The Morgan fingerprint density at radius 1 is 0.737 bits per heavy atom. The van der Waals surface area contributed by atoms with Gasteiger partial charge in [0.05, 0.1) is 72.1 Å². The standard InChI is InChI=1S/C20H27N3O9.2C2H6.2Fm/c24-14-22-17-2-1-16(13-18(17)23-15-25)20(28)21-4-6-30-8-10-32-12-11-31-9-7-29-5-3-19(26)27;2*1-2;;/h1-2,13H,3-12H2,(H,21,28)(H,22,24)(H,23,25)(H,26,27);2*1-2H3;;/q-2;;;;. The molecule has 1 aromatic carbocycles. The summed E-state index contributed by atoms with van der Waals surface area (Å²) in [5, 5.41) is 15.7. The van der Waals surface area contributed by atoms with Crippen LogP contribution >= 0.6 is 0 Å². The zero-order chi connectivity index (χ0) is 27.4. The van der Waals surface area contributed by atoms with Gasteiger partial charge in [-0.05, 0) is 0 Å². The van der Waals surface area contributed by atoms with Gasteiger partial charge in [-0.25, -0.2) is 0 Å². The maximum absolute atomic E-state index is 12.2. The summed E-state index contributed by atoms with van der Waals surface area (Å²) < 4.78 is 21.0. The molecule has 3 amide bonds. The second-order valence-corrected chi connectivity index (χ2v) is 6.06. The average Bonchev–Trinajstić information content (AvgIpc) is 2.89. The zero-order valence-corrected chi connectivity index (χ0v) is 26.9. The Labute approximate surface area is 213 Å². The molecule has 0 aliphatic rings. The van der Waals surface area contributed by atoms with Crippen molar-refractivity contribution in [2.24, 2.45) is 0 Å². The number of anilines is 2. The molecule has 14 heteroatoms. The third kappa shape index (κ3) is 21.5. The van der Waals surface area contributed by atoms with Gasteiger partial charge in [0.2, 0.25) is 5.91 Å². The molecule has 12 nitrogen and oxygen atoms in total. The van der Waals surface area contributed by atoms with E-state index in [1.165, 1.54) is 31.0 Å². The van der Waals surface area contributed by atoms with E-state index in [9.17, 15) is 19.2 Å². The van der Waals surface area contributed by atoms with Crippen molar-refractivity contribution in [2.45, 2.75) is 34.1 Å². The molecule has 0 saturated heterocycles. The van der Waals surface area contributed by atoms with Gasteiger partial charge in [-0.3, -0.25) is 9.59 Å². The predicted octanol–water partition coefficient (Wildman–Crippen LogP) is 1.97. The molecule has 1 aromatic rings. The molecule has 0 aliphatic carbocycles. The van der Waals surface area contributed by atoms with E-state index in [0.29, 0.717) is 39.6 Å². The van der Waals surface area contributed by atoms with Crippen LogP contribution in [-0.2, 0) is 33.3 Å². The van der Waals surface area contributed by atoms with Gasteiger partial charge >= 0.3 is 5.97 Å². The smallest absolute Gasteiger partial charge is 0.305 e. The maximum atomic E-state index is 12.2. The molecule has 0 fully saturated rings. The predicted molar refractivity (Wildman–Crippen MR) is 136 cm³/mol. The third-order valence-corrected chi connectivity index (χ3v) is 3.76. The molecule has 230 valence electrons. The number of ether oxygens (including phenoxy) is 4. The largest absolute Gasteiger partial charge is 0.503 e. The molecule has 0 aromatic heterocycles. The first-order valence-corrected chi connectivity index (χ1v) is 11.8. The SMILES string of the molecule is CC.CC.O=[C-]Nc1ccc(C(=O)NCCOCCOCCOCCOCCC(=O)O)cc1N[C-]=O.[Fm].[Fm]. The molecule has 0 radical (unpaired) electrons. The Morgan fingerprint density at radius 3 is 1.66 bits per heavy atom. The number of hydrogen-bond donors (Lipinski definition) is 4. The minimum atomic E-state index is -0.900. The molecular weight excluding hydrogens is 988 g/mol. The van der Waals surface area contributed by atoms with Crippen LogP contribution in [0.15, 0.2) is 18.2 Å². The van der Waals surface area contributed by atoms with Gasteiger partial charge < -0.3 is 49.6 Å². The Hall–Kier alpha value is -5.06. The van der Waals surface area contributed by atoms with E-state index in [1.807, 2.05) is 27.7 Å². The van der Waals surface area contributed by atoms with Crippen molar-refractivity contribution < 1.29 is 43.2 Å². The fraction of sp³-hybridized carbons (Fsp3) is 0.583. The van der Waals surface area contributed by atoms with E-state index in [2.05, 4.69) is 16.0 Å². The minimum Gasteiger partial charge on any atom is -0.503 e. The fourth-order valence-electron chi connectivity index (χ4n) is 2.27. The quantitative estimate of drug-likeness (QED) is 0.0871. The second kappa shape index (κ2) is 30.0. The molecule has 0 bridgehead atoms. The van der Waals surface area contributed by atoms with Crippen molar-refractivity contribution in [2.75, 3.05) is 70.0 Å². The molecule has 0 spiro atoms. The molecule has 38 heavy (non-hydrogen) atoms. The van der Waals surface area contributed by atoms with Gasteiger partial charge in [-0.15, -0.1) is 12.1 Å². The number of hydrogen-bond acceptors (Lipinski definition) is 8. The minimum absolute atomic E-state index is 0. The van der Waals surface area contributed by atoms with Gasteiger partial charge in [0, 0.05) is 12.1 Å². The summed E-state index contributed by atoms with van der Waals surface area (Å²) in [5.41, 5.74) is 0.798. The van der Waals surface area contributed by atoms with Crippen molar-refractivity contribution in [3.8, 4) is 0 Å². The van der Waals surface area contributed by atoms with Crippen LogP contribution in [0, 0.1) is 0 Å². The summed E-state index contributed by atoms with van der Waals surface area (Å²) in [6, 6.07) is 4.35. The summed E-state index contributed by atoms with van der Waals surface area (Å²) in [4.78, 5) is 43.4. The molecule has 0 saturated carbocycles. The van der Waals surface area contributed by atoms with Gasteiger partial charge in [0.25, 0.3) is 0 Å². The fourth-order valence-corrected chi connectivity index (χ4v) is 2.27. The van der Waals surface area contributed by atoms with Crippen molar-refractivity contribution in [1.29, 1.82) is 0 Å². The van der Waals surface area contributed by atoms with Crippen LogP contribution in [0.25, 0.3) is 0 Å². The summed E-state index contributed by atoms with van der Waals surface area (Å²) in [7, 11) is 0. The van der Waals surface area contributed by atoms with E-state index >= 15 is 0 Å². The summed E-state index contributed by atoms with van der Waals surface area (Å²) in [5.74, 6) is -1.27. The van der Waals surface area contributed by atoms with Crippen LogP contribution in [0.5, 0.6) is 0 Å². The second-order valence-electron chi connectivity index (χ2n) is 6.06. The average molecular weight is 1030 g/mol. The third-order valence-electron chi connectivity index (χ3n) is 3.76. The van der Waals surface area contributed by atoms with E-state index < -0.39 is 5.97 Å². The van der Waals surface area contributed by atoms with Crippen LogP contribution in [0.1, 0.15) is 44.5 Å². The number of aliphatic carboxylic acids is 1. The van der Waals surface area contributed by atoms with Gasteiger partial charge in [-0.1, -0.05) is 33.8 Å². The van der Waals surface area contributed by atoms with Crippen LogP contribution in [0.3, 0.4) is 0 Å². The molecular formula is C24H39Fm2N3O9-2. The van der Waals surface area contributed by atoms with Crippen LogP contribution in [0.4, 0.5) is 11.4 Å². The van der Waals surface area contributed by atoms with E-state index in [4.69, 9.17) is 24.1 Å². The van der Waals surface area contributed by atoms with Gasteiger partial charge in [0.1, 0.15) is 0 Å². The summed E-state index contributed by atoms with van der Waals surface area (Å²) in [6.07, 6.45) is 2.95. The van der Waals surface area contributed by atoms with Crippen molar-refractivity contribution >= 4 is 36.1 Å². The van der Waals surface area contributed by atoms with Crippen molar-refractivity contribution in [1.82, 2.24) is 5.32 Å². The molecule has 1 rings (SSSR count). The Kier molecular flexibility index (Phi) is 31.6. The zero-order valence-electron chi connectivity index (χ0n) is 22.1. The van der Waals surface area contributed by atoms with E-state index in [-0.39, 0.29) is 49.0 Å². The first kappa shape index (κ1) is 40.1. The number of benzene rings is 1. The monoisotopic (exact) mass is 1030 g/mol. The summed E-state index contributed by atoms with van der Waals surface area (Å²) >= 11 is 0. The first-order valence-electron chi connectivity index (χ1n) is 11.8. The molecule has 0 atom stereocenters. The Balaban J connectivity index is -0.000000916. The number of rotatable bonds is 20. The summed E-state index contributed by atoms with van der Waals surface area (Å²) in [6.45, 7) is 10.9. The maximum Gasteiger partial charge on any atom is 0.305 e. The molecule has 0 heterocycles. The van der Waals surface area contributed by atoms with E-state index in [0.717, 1.165) is 0 Å². The number of carbonyl (C=O) groups is 2. The number of nitrogens with one attached hydrogen (secondary N) is 3. The van der Waals surface area contributed by atoms with Gasteiger partial charge in [0.15, 0.2) is 0 Å². The Bertz CT molecular complexity index is 729. The molecule has 0 aliphatic heterocycles. The van der Waals surface area contributed by atoms with Crippen molar-refractivity contribution in [3.63, 3.8) is 0 Å². The van der Waals surface area contributed by atoms with Crippen molar-refractivity contribution in [3.05, 3.63) is 23.8 Å². The topological polar surface area (TPSA) is 162 Å².